The second kappa shape index (κ2) is 9.69. The second-order valence-corrected chi connectivity index (χ2v) is 9.23. The quantitative estimate of drug-likeness (QED) is 0.317. The molecule has 30 heavy (non-hydrogen) atoms. The maximum atomic E-state index is 13.4. The molecule has 1 aromatic carbocycles. The van der Waals surface area contributed by atoms with Gasteiger partial charge in [-0.15, -0.1) is 0 Å². The summed E-state index contributed by atoms with van der Waals surface area (Å²) in [6.07, 6.45) is -1.90. The molecule has 0 radical (unpaired) electrons. The minimum absolute atomic E-state index is 0.00915. The molecule has 6 nitrogen and oxygen atoms in total. The van der Waals surface area contributed by atoms with Gasteiger partial charge >= 0.3 is 185 Å². The van der Waals surface area contributed by atoms with Gasteiger partial charge in [0.15, 0.2) is 0 Å². The van der Waals surface area contributed by atoms with Crippen molar-refractivity contribution in [3.63, 3.8) is 0 Å². The number of halogens is 3. The van der Waals surface area contributed by atoms with Crippen molar-refractivity contribution in [1.82, 2.24) is 10.3 Å². The van der Waals surface area contributed by atoms with Crippen LogP contribution in [0.25, 0.3) is 0 Å². The molecule has 1 amide bonds. The fourth-order valence-corrected chi connectivity index (χ4v) is 5.52. The summed E-state index contributed by atoms with van der Waals surface area (Å²) in [5.74, 6) is -0.137. The number of benzene rings is 1. The predicted octanol–water partition coefficient (Wildman–Crippen LogP) is 0.264. The zero-order chi connectivity index (χ0) is 21.7. The molecule has 2 heterocycles. The fraction of sp³-hybridized carbons (Fsp3) is 0.333. The third-order valence-electron chi connectivity index (χ3n) is 4.38. The van der Waals surface area contributed by atoms with Crippen LogP contribution in [0.2, 0.25) is 0 Å². The van der Waals surface area contributed by atoms with Crippen LogP contribution in [-0.4, -0.2) is 35.3 Å². The molecule has 0 saturated carbocycles. The van der Waals surface area contributed by atoms with Gasteiger partial charge in [0.05, 0.1) is 0 Å². The van der Waals surface area contributed by atoms with Crippen molar-refractivity contribution in [2.45, 2.75) is 26.7 Å². The van der Waals surface area contributed by atoms with E-state index in [9.17, 15) is 13.6 Å². The summed E-state index contributed by atoms with van der Waals surface area (Å²) in [7, 11) is 0.882. The molecule has 3 rings (SSSR count). The van der Waals surface area contributed by atoms with Crippen LogP contribution in [0.3, 0.4) is 0 Å². The summed E-state index contributed by atoms with van der Waals surface area (Å²) in [4.78, 5) is 19.0. The molecular weight excluding hydrogens is 507 g/mol. The van der Waals surface area contributed by atoms with Crippen molar-refractivity contribution in [2.24, 2.45) is 0 Å². The number of nitrogens with one attached hydrogen (secondary N) is 1. The minimum atomic E-state index is -3.70. The molecule has 0 saturated heterocycles. The fourth-order valence-electron chi connectivity index (χ4n) is 2.87. The van der Waals surface area contributed by atoms with Gasteiger partial charge in [0, 0.05) is 0 Å². The standard InChI is InChI=1S/C21H23F2IN3O3/c1-4-27-13-15(20(28)25-12-16-7-5-6-14(2)26-16)11-24-18-9-8-17(10-19(18)27)30-21(22,23)29-3/h5-10,13H,4,11-12H2,1-3H3,(H,25,28)/q-1. The van der Waals surface area contributed by atoms with Crippen LogP contribution >= 0.6 is 0 Å². The van der Waals surface area contributed by atoms with Crippen LogP contribution in [0.5, 0.6) is 5.75 Å². The first-order chi connectivity index (χ1) is 14.3. The third kappa shape index (κ3) is 5.66. The third-order valence-corrected chi connectivity index (χ3v) is 7.31. The maximum absolute atomic E-state index is 13.4. The van der Waals surface area contributed by atoms with Gasteiger partial charge in [-0.25, -0.2) is 0 Å². The Labute approximate surface area is 184 Å². The van der Waals surface area contributed by atoms with Crippen molar-refractivity contribution in [3.05, 3.63) is 63.1 Å². The zero-order valence-electron chi connectivity index (χ0n) is 16.9. The van der Waals surface area contributed by atoms with Crippen molar-refractivity contribution >= 4 is 11.6 Å². The topological polar surface area (TPSA) is 63.7 Å². The van der Waals surface area contributed by atoms with Crippen LogP contribution in [0.4, 0.5) is 14.5 Å². The van der Waals surface area contributed by atoms with Gasteiger partial charge in [0.25, 0.3) is 0 Å². The average molecular weight is 530 g/mol. The van der Waals surface area contributed by atoms with E-state index in [-0.39, 0.29) is 11.7 Å². The Balaban J connectivity index is 1.76. The molecule has 1 aliphatic rings. The molecule has 0 aliphatic carbocycles. The second-order valence-electron chi connectivity index (χ2n) is 6.54. The van der Waals surface area contributed by atoms with E-state index in [1.807, 2.05) is 36.9 Å². The summed E-state index contributed by atoms with van der Waals surface area (Å²) in [5.41, 5.74) is 3.13. The van der Waals surface area contributed by atoms with Crippen molar-refractivity contribution in [3.8, 4) is 5.75 Å². The van der Waals surface area contributed by atoms with E-state index in [4.69, 9.17) is 0 Å². The van der Waals surface area contributed by atoms with E-state index in [1.165, 1.54) is 6.07 Å². The molecule has 0 atom stereocenters. The van der Waals surface area contributed by atoms with E-state index < -0.39 is 27.5 Å². The number of anilines is 1. The normalized spacial score (nSPS) is 14.2. The molecule has 2 aromatic rings. The Morgan fingerprint density at radius 3 is 2.83 bits per heavy atom. The van der Waals surface area contributed by atoms with E-state index in [0.717, 1.165) is 27.8 Å². The number of carbonyl (C=O) groups is 1. The first-order valence-corrected chi connectivity index (χ1v) is 11.9. The first kappa shape index (κ1) is 22.4. The molecule has 0 fully saturated rings. The molecule has 9 heteroatoms. The number of methoxy groups -OCH3 is 1. The number of ether oxygens (including phenoxy) is 2. The molecule has 162 valence electrons. The number of aryl methyl sites for hydroxylation is 1. The molecule has 0 spiro atoms. The Morgan fingerprint density at radius 1 is 1.33 bits per heavy atom. The Hall–Kier alpha value is -2.27. The Morgan fingerprint density at radius 2 is 2.13 bits per heavy atom. The van der Waals surface area contributed by atoms with Gasteiger partial charge in [-0.2, -0.15) is 0 Å². The Kier molecular flexibility index (Phi) is 7.24. The number of aromatic nitrogens is 1. The Bertz CT molecular complexity index is 953. The predicted molar refractivity (Wildman–Crippen MR) is 105 cm³/mol. The first-order valence-electron chi connectivity index (χ1n) is 9.34. The van der Waals surface area contributed by atoms with Crippen LogP contribution < -0.4 is 36.2 Å². The van der Waals surface area contributed by atoms with Gasteiger partial charge in [0.1, 0.15) is 0 Å². The monoisotopic (exact) mass is 530 g/mol. The van der Waals surface area contributed by atoms with Gasteiger partial charge in [0.2, 0.25) is 0 Å². The number of fused-ring (bicyclic) bond motifs is 1. The molecule has 1 N–H and O–H groups in total. The van der Waals surface area contributed by atoms with Crippen LogP contribution in [-0.2, 0) is 16.1 Å². The molecular formula is C21H23F2IN3O3-. The summed E-state index contributed by atoms with van der Waals surface area (Å²) in [6, 6.07) is 10.5. The molecule has 0 bridgehead atoms. The van der Waals surface area contributed by atoms with E-state index in [0.29, 0.717) is 23.1 Å². The number of hydrogen-bond donors (Lipinski definition) is 1. The summed E-state index contributed by atoms with van der Waals surface area (Å²) >= 11 is -0.523. The zero-order valence-corrected chi connectivity index (χ0v) is 19.1. The van der Waals surface area contributed by atoms with E-state index >= 15 is 0 Å². The number of carbonyl (C=O) groups excluding carboxylic acids is 1. The summed E-state index contributed by atoms with van der Waals surface area (Å²) < 4.78 is 37.2. The van der Waals surface area contributed by atoms with Gasteiger partial charge in [-0.3, -0.25) is 0 Å². The van der Waals surface area contributed by atoms with Crippen LogP contribution in [0.1, 0.15) is 18.3 Å². The molecule has 1 aromatic heterocycles. The van der Waals surface area contributed by atoms with Crippen molar-refractivity contribution < 1.29 is 44.3 Å². The summed E-state index contributed by atoms with van der Waals surface area (Å²) in [6.45, 7) is 4.77. The van der Waals surface area contributed by atoms with Crippen molar-refractivity contribution in [2.75, 3.05) is 23.0 Å². The van der Waals surface area contributed by atoms with E-state index in [2.05, 4.69) is 19.8 Å². The van der Waals surface area contributed by atoms with Crippen LogP contribution in [0, 0.1) is 10.5 Å². The number of pyridine rings is 1. The van der Waals surface area contributed by atoms with Gasteiger partial charge < -0.3 is 0 Å². The number of nitrogens with zero attached hydrogens (tertiary/aromatic N) is 2. The number of amides is 1. The van der Waals surface area contributed by atoms with Gasteiger partial charge in [-0.1, -0.05) is 0 Å². The average Bonchev–Trinajstić information content (AvgIpc) is 2.91. The van der Waals surface area contributed by atoms with Crippen LogP contribution in [0.15, 0.2) is 48.2 Å². The van der Waals surface area contributed by atoms with Crippen molar-refractivity contribution in [1.29, 1.82) is 0 Å². The molecule has 1 aliphatic heterocycles. The van der Waals surface area contributed by atoms with E-state index in [1.54, 1.807) is 18.3 Å². The SMILES string of the molecule is CCN1C=C(C(=O)NCc2cccc(C)n2)C[I-]c2ccc(OC(F)(F)OC)cc21. The number of rotatable bonds is 7. The molecule has 0 unspecified atom stereocenters. The summed E-state index contributed by atoms with van der Waals surface area (Å²) in [5, 5.41) is 2.93. The number of hydrogen-bond acceptors (Lipinski definition) is 5. The number of alkyl halides is 3. The van der Waals surface area contributed by atoms with Gasteiger partial charge in [-0.05, 0) is 0 Å².